The molecule has 0 aromatic heterocycles. The van der Waals surface area contributed by atoms with Crippen LogP contribution in [0.4, 0.5) is 0 Å². The molecule has 5 heteroatoms. The summed E-state index contributed by atoms with van der Waals surface area (Å²) in [6, 6.07) is 5.14. The normalized spacial score (nSPS) is 12.3. The van der Waals surface area contributed by atoms with Crippen molar-refractivity contribution < 1.29 is 4.79 Å². The second-order valence-electron chi connectivity index (χ2n) is 4.35. The Morgan fingerprint density at radius 1 is 1.32 bits per heavy atom. The number of rotatable bonds is 6. The van der Waals surface area contributed by atoms with Crippen LogP contribution in [0.25, 0.3) is 0 Å². The van der Waals surface area contributed by atoms with Crippen LogP contribution in [0.5, 0.6) is 0 Å². The summed E-state index contributed by atoms with van der Waals surface area (Å²) >= 11 is 11.9. The number of benzene rings is 1. The van der Waals surface area contributed by atoms with Crippen LogP contribution in [0.2, 0.25) is 10.0 Å². The van der Waals surface area contributed by atoms with E-state index in [1.54, 1.807) is 17.0 Å². The molecule has 0 aliphatic carbocycles. The number of amides is 1. The highest BCUT2D eigenvalue weighted by atomic mass is 35.5. The standard InChI is InChI=1S/C14H20Cl2N2O/c1-4-18(5-2)14(19)10(3)17-9-11-6-7-12(15)8-13(11)16/h6-8,10,17H,4-5,9H2,1-3H3. The molecule has 1 amide bonds. The SMILES string of the molecule is CCN(CC)C(=O)C(C)NCc1ccc(Cl)cc1Cl. The lowest BCUT2D eigenvalue weighted by Gasteiger charge is -2.23. The molecule has 1 N–H and O–H groups in total. The lowest BCUT2D eigenvalue weighted by molar-refractivity contribution is -0.132. The van der Waals surface area contributed by atoms with Crippen molar-refractivity contribution in [1.29, 1.82) is 0 Å². The van der Waals surface area contributed by atoms with Gasteiger partial charge in [-0.05, 0) is 38.5 Å². The minimum absolute atomic E-state index is 0.107. The molecule has 0 bridgehead atoms. The zero-order valence-electron chi connectivity index (χ0n) is 11.5. The summed E-state index contributed by atoms with van der Waals surface area (Å²) in [4.78, 5) is 13.9. The van der Waals surface area contributed by atoms with Crippen molar-refractivity contribution in [2.75, 3.05) is 13.1 Å². The van der Waals surface area contributed by atoms with Crippen LogP contribution in [0.15, 0.2) is 18.2 Å². The van der Waals surface area contributed by atoms with E-state index in [1.807, 2.05) is 26.8 Å². The van der Waals surface area contributed by atoms with Crippen LogP contribution in [-0.2, 0) is 11.3 Å². The Balaban J connectivity index is 2.58. The van der Waals surface area contributed by atoms with Gasteiger partial charge >= 0.3 is 0 Å². The molecule has 1 aromatic carbocycles. The summed E-state index contributed by atoms with van der Waals surface area (Å²) < 4.78 is 0. The first-order chi connectivity index (χ1) is 8.99. The third kappa shape index (κ3) is 4.68. The molecule has 106 valence electrons. The predicted octanol–water partition coefficient (Wildman–Crippen LogP) is 3.34. The number of halogens is 2. The fourth-order valence-corrected chi connectivity index (χ4v) is 2.30. The van der Waals surface area contributed by atoms with E-state index in [2.05, 4.69) is 5.32 Å². The quantitative estimate of drug-likeness (QED) is 0.874. The second kappa shape index (κ2) is 7.73. The fraction of sp³-hybridized carbons (Fsp3) is 0.500. The third-order valence-corrected chi connectivity index (χ3v) is 3.65. The number of carbonyl (C=O) groups excluding carboxylic acids is 1. The van der Waals surface area contributed by atoms with E-state index in [0.29, 0.717) is 16.6 Å². The van der Waals surface area contributed by atoms with E-state index in [1.165, 1.54) is 0 Å². The van der Waals surface area contributed by atoms with Crippen molar-refractivity contribution in [2.24, 2.45) is 0 Å². The molecule has 3 nitrogen and oxygen atoms in total. The summed E-state index contributed by atoms with van der Waals surface area (Å²) in [6.45, 7) is 7.81. The molecule has 0 fully saturated rings. The topological polar surface area (TPSA) is 32.3 Å². The monoisotopic (exact) mass is 302 g/mol. The molecular formula is C14H20Cl2N2O. The van der Waals surface area contributed by atoms with Crippen LogP contribution in [0, 0.1) is 0 Å². The molecule has 1 rings (SSSR count). The summed E-state index contributed by atoms with van der Waals surface area (Å²) in [7, 11) is 0. The summed E-state index contributed by atoms with van der Waals surface area (Å²) in [6.07, 6.45) is 0. The molecular weight excluding hydrogens is 283 g/mol. The largest absolute Gasteiger partial charge is 0.342 e. The van der Waals surface area contributed by atoms with Gasteiger partial charge in [-0.1, -0.05) is 29.3 Å². The molecule has 1 unspecified atom stereocenters. The van der Waals surface area contributed by atoms with Crippen LogP contribution in [-0.4, -0.2) is 29.9 Å². The van der Waals surface area contributed by atoms with Gasteiger partial charge < -0.3 is 10.2 Å². The van der Waals surface area contributed by atoms with E-state index in [0.717, 1.165) is 18.7 Å². The smallest absolute Gasteiger partial charge is 0.239 e. The first kappa shape index (κ1) is 16.3. The van der Waals surface area contributed by atoms with E-state index in [4.69, 9.17) is 23.2 Å². The van der Waals surface area contributed by atoms with Gasteiger partial charge in [-0.15, -0.1) is 0 Å². The Kier molecular flexibility index (Phi) is 6.63. The molecule has 0 saturated heterocycles. The highest BCUT2D eigenvalue weighted by Gasteiger charge is 2.17. The van der Waals surface area contributed by atoms with E-state index in [-0.39, 0.29) is 11.9 Å². The molecule has 19 heavy (non-hydrogen) atoms. The van der Waals surface area contributed by atoms with Crippen molar-refractivity contribution in [2.45, 2.75) is 33.4 Å². The van der Waals surface area contributed by atoms with E-state index in [9.17, 15) is 4.79 Å². The highest BCUT2D eigenvalue weighted by molar-refractivity contribution is 6.35. The second-order valence-corrected chi connectivity index (χ2v) is 5.19. The minimum atomic E-state index is -0.230. The van der Waals surface area contributed by atoms with Crippen LogP contribution in [0.3, 0.4) is 0 Å². The van der Waals surface area contributed by atoms with Gasteiger partial charge in [0.25, 0.3) is 0 Å². The number of hydrogen-bond donors (Lipinski definition) is 1. The molecule has 0 spiro atoms. The number of likely N-dealkylation sites (N-methyl/N-ethyl adjacent to an activating group) is 1. The van der Waals surface area contributed by atoms with Crippen LogP contribution >= 0.6 is 23.2 Å². The first-order valence-electron chi connectivity index (χ1n) is 6.45. The maximum Gasteiger partial charge on any atom is 0.239 e. The molecule has 1 atom stereocenters. The van der Waals surface area contributed by atoms with Crippen molar-refractivity contribution in [3.63, 3.8) is 0 Å². The van der Waals surface area contributed by atoms with Gasteiger partial charge in [0.2, 0.25) is 5.91 Å². The van der Waals surface area contributed by atoms with Gasteiger partial charge in [-0.2, -0.15) is 0 Å². The Morgan fingerprint density at radius 2 is 1.95 bits per heavy atom. The number of nitrogens with one attached hydrogen (secondary N) is 1. The Labute approximate surface area is 124 Å². The molecule has 1 aromatic rings. The van der Waals surface area contributed by atoms with Crippen molar-refractivity contribution in [1.82, 2.24) is 10.2 Å². The number of hydrogen-bond acceptors (Lipinski definition) is 2. The van der Waals surface area contributed by atoms with E-state index < -0.39 is 0 Å². The fourth-order valence-electron chi connectivity index (χ4n) is 1.82. The van der Waals surface area contributed by atoms with Gasteiger partial charge in [0.15, 0.2) is 0 Å². The Hall–Kier alpha value is -0.770. The average molecular weight is 303 g/mol. The molecule has 0 saturated carbocycles. The van der Waals surface area contributed by atoms with Crippen LogP contribution < -0.4 is 5.32 Å². The zero-order valence-corrected chi connectivity index (χ0v) is 13.1. The maximum absolute atomic E-state index is 12.1. The third-order valence-electron chi connectivity index (χ3n) is 3.06. The molecule has 0 radical (unpaired) electrons. The zero-order chi connectivity index (χ0) is 14.4. The highest BCUT2D eigenvalue weighted by Crippen LogP contribution is 2.20. The van der Waals surface area contributed by atoms with Gasteiger partial charge in [0.05, 0.1) is 6.04 Å². The molecule has 0 aliphatic heterocycles. The van der Waals surface area contributed by atoms with Crippen molar-refractivity contribution >= 4 is 29.1 Å². The number of carbonyl (C=O) groups is 1. The van der Waals surface area contributed by atoms with Crippen LogP contribution in [0.1, 0.15) is 26.3 Å². The average Bonchev–Trinajstić information content (AvgIpc) is 2.38. The Morgan fingerprint density at radius 3 is 2.47 bits per heavy atom. The van der Waals surface area contributed by atoms with Gasteiger partial charge in [-0.3, -0.25) is 4.79 Å². The molecule has 0 aliphatic rings. The van der Waals surface area contributed by atoms with Crippen molar-refractivity contribution in [3.8, 4) is 0 Å². The van der Waals surface area contributed by atoms with Gasteiger partial charge in [-0.25, -0.2) is 0 Å². The number of nitrogens with zero attached hydrogens (tertiary/aromatic N) is 1. The maximum atomic E-state index is 12.1. The first-order valence-corrected chi connectivity index (χ1v) is 7.21. The Bertz CT molecular complexity index is 433. The summed E-state index contributed by atoms with van der Waals surface area (Å²) in [5.74, 6) is 0.107. The molecule has 0 heterocycles. The lowest BCUT2D eigenvalue weighted by Crippen LogP contribution is -2.44. The van der Waals surface area contributed by atoms with Crippen molar-refractivity contribution in [3.05, 3.63) is 33.8 Å². The van der Waals surface area contributed by atoms with Gasteiger partial charge in [0, 0.05) is 29.7 Å². The van der Waals surface area contributed by atoms with Gasteiger partial charge in [0.1, 0.15) is 0 Å². The lowest BCUT2D eigenvalue weighted by atomic mass is 10.2. The summed E-state index contributed by atoms with van der Waals surface area (Å²) in [5.41, 5.74) is 0.935. The predicted molar refractivity (Wildman–Crippen MR) is 80.7 cm³/mol. The van der Waals surface area contributed by atoms with E-state index >= 15 is 0 Å². The minimum Gasteiger partial charge on any atom is -0.342 e. The summed E-state index contributed by atoms with van der Waals surface area (Å²) in [5, 5.41) is 4.41.